The first-order valence-electron chi connectivity index (χ1n) is 9.65. The Morgan fingerprint density at radius 1 is 1.26 bits per heavy atom. The minimum Gasteiger partial charge on any atom is -0.327 e. The molecule has 1 aliphatic rings. The van der Waals surface area contributed by atoms with Crippen molar-refractivity contribution in [3.8, 4) is 6.07 Å². The van der Waals surface area contributed by atoms with Crippen molar-refractivity contribution in [2.24, 2.45) is 0 Å². The number of aromatic nitrogens is 1. The Bertz CT molecular complexity index is 841. The van der Waals surface area contributed by atoms with Gasteiger partial charge >= 0.3 is 0 Å². The summed E-state index contributed by atoms with van der Waals surface area (Å²) in [6.07, 6.45) is 4.63. The second-order valence-corrected chi connectivity index (χ2v) is 7.56. The van der Waals surface area contributed by atoms with Gasteiger partial charge in [-0.2, -0.15) is 5.26 Å². The zero-order chi connectivity index (χ0) is 19.4. The Morgan fingerprint density at radius 3 is 2.56 bits per heavy atom. The van der Waals surface area contributed by atoms with Gasteiger partial charge in [-0.15, -0.1) is 0 Å². The number of amides is 1. The number of nitriles is 1. The van der Waals surface area contributed by atoms with Crippen molar-refractivity contribution in [1.29, 1.82) is 5.26 Å². The van der Waals surface area contributed by atoms with Crippen molar-refractivity contribution in [2.45, 2.75) is 52.1 Å². The van der Waals surface area contributed by atoms with E-state index in [9.17, 15) is 10.1 Å². The Balaban J connectivity index is 1.75. The standard InChI is InChI=1S/C22H28N4O/c1-16-17(2)26(19-11-7-8-12-19)22(20(16)13-23)24-21(27)15-25(3)14-18-9-5-4-6-10-18/h4-6,9-10,19H,7-8,11-12,14-15H2,1-3H3,(H,24,27). The summed E-state index contributed by atoms with van der Waals surface area (Å²) < 4.78 is 2.19. The van der Waals surface area contributed by atoms with Crippen LogP contribution >= 0.6 is 0 Å². The lowest BCUT2D eigenvalue weighted by molar-refractivity contribution is -0.117. The molecule has 2 aromatic rings. The molecule has 0 unspecified atom stereocenters. The average Bonchev–Trinajstić information content (AvgIpc) is 3.23. The Labute approximate surface area is 161 Å². The van der Waals surface area contributed by atoms with Crippen LogP contribution in [0, 0.1) is 25.2 Å². The zero-order valence-corrected chi connectivity index (χ0v) is 16.5. The zero-order valence-electron chi connectivity index (χ0n) is 16.5. The van der Waals surface area contributed by atoms with E-state index < -0.39 is 0 Å². The second kappa shape index (κ2) is 8.41. The van der Waals surface area contributed by atoms with Crippen LogP contribution in [0.4, 0.5) is 5.82 Å². The van der Waals surface area contributed by atoms with Crippen LogP contribution in [0.25, 0.3) is 0 Å². The maximum Gasteiger partial charge on any atom is 0.239 e. The van der Waals surface area contributed by atoms with Crippen LogP contribution in [0.3, 0.4) is 0 Å². The van der Waals surface area contributed by atoms with Crippen LogP contribution < -0.4 is 5.32 Å². The molecule has 1 aromatic heterocycles. The molecule has 1 aromatic carbocycles. The van der Waals surface area contributed by atoms with E-state index in [0.717, 1.165) is 24.1 Å². The molecule has 0 bridgehead atoms. The maximum atomic E-state index is 12.7. The quantitative estimate of drug-likeness (QED) is 0.837. The van der Waals surface area contributed by atoms with Crippen molar-refractivity contribution in [3.63, 3.8) is 0 Å². The van der Waals surface area contributed by atoms with Gasteiger partial charge in [0, 0.05) is 18.3 Å². The van der Waals surface area contributed by atoms with E-state index in [4.69, 9.17) is 0 Å². The lowest BCUT2D eigenvalue weighted by Gasteiger charge is -2.21. The number of anilines is 1. The normalized spacial score (nSPS) is 14.5. The summed E-state index contributed by atoms with van der Waals surface area (Å²) in [5.74, 6) is 0.596. The summed E-state index contributed by atoms with van der Waals surface area (Å²) in [7, 11) is 1.93. The maximum absolute atomic E-state index is 12.7. The van der Waals surface area contributed by atoms with Gasteiger partial charge in [0.15, 0.2) is 0 Å². The Kier molecular flexibility index (Phi) is 5.98. The van der Waals surface area contributed by atoms with E-state index in [1.165, 1.54) is 18.4 Å². The Hall–Kier alpha value is -2.58. The molecule has 1 aliphatic carbocycles. The van der Waals surface area contributed by atoms with Crippen molar-refractivity contribution >= 4 is 11.7 Å². The third-order valence-corrected chi connectivity index (χ3v) is 5.53. The Morgan fingerprint density at radius 2 is 1.93 bits per heavy atom. The van der Waals surface area contributed by atoms with Crippen molar-refractivity contribution in [2.75, 3.05) is 18.9 Å². The van der Waals surface area contributed by atoms with E-state index in [1.54, 1.807) is 0 Å². The molecule has 5 nitrogen and oxygen atoms in total. The van der Waals surface area contributed by atoms with Crippen LogP contribution in [-0.4, -0.2) is 29.0 Å². The topological polar surface area (TPSA) is 61.1 Å². The first-order valence-corrected chi connectivity index (χ1v) is 9.65. The molecule has 1 amide bonds. The minimum absolute atomic E-state index is 0.0818. The predicted molar refractivity (Wildman–Crippen MR) is 108 cm³/mol. The van der Waals surface area contributed by atoms with Gasteiger partial charge in [0.1, 0.15) is 11.9 Å². The van der Waals surface area contributed by atoms with Gasteiger partial charge < -0.3 is 9.88 Å². The van der Waals surface area contributed by atoms with E-state index >= 15 is 0 Å². The highest BCUT2D eigenvalue weighted by Crippen LogP contribution is 2.37. The number of benzene rings is 1. The lowest BCUT2D eigenvalue weighted by atomic mass is 10.2. The SMILES string of the molecule is Cc1c(C#N)c(NC(=O)CN(C)Cc2ccccc2)n(C2CCCC2)c1C. The molecule has 0 aliphatic heterocycles. The molecule has 3 rings (SSSR count). The highest BCUT2D eigenvalue weighted by atomic mass is 16.2. The summed E-state index contributed by atoms with van der Waals surface area (Å²) >= 11 is 0. The third-order valence-electron chi connectivity index (χ3n) is 5.53. The molecule has 0 spiro atoms. The summed E-state index contributed by atoms with van der Waals surface area (Å²) in [4.78, 5) is 14.7. The summed E-state index contributed by atoms with van der Waals surface area (Å²) in [5.41, 5.74) is 3.83. The molecule has 0 atom stereocenters. The van der Waals surface area contributed by atoms with Gasteiger partial charge in [-0.05, 0) is 44.9 Å². The molecule has 0 radical (unpaired) electrons. The lowest BCUT2D eigenvalue weighted by Crippen LogP contribution is -2.31. The number of carbonyl (C=O) groups is 1. The van der Waals surface area contributed by atoms with Crippen LogP contribution in [0.1, 0.15) is 54.1 Å². The molecule has 1 N–H and O–H groups in total. The number of carbonyl (C=O) groups excluding carboxylic acids is 1. The fourth-order valence-electron chi connectivity index (χ4n) is 4.07. The molecule has 1 saturated carbocycles. The van der Waals surface area contributed by atoms with Crippen molar-refractivity contribution in [3.05, 3.63) is 52.7 Å². The van der Waals surface area contributed by atoms with E-state index in [1.807, 2.05) is 44.0 Å². The smallest absolute Gasteiger partial charge is 0.239 e. The van der Waals surface area contributed by atoms with Crippen molar-refractivity contribution < 1.29 is 4.79 Å². The number of nitrogens with one attached hydrogen (secondary N) is 1. The van der Waals surface area contributed by atoms with Gasteiger partial charge in [0.05, 0.1) is 12.1 Å². The largest absolute Gasteiger partial charge is 0.327 e. The summed E-state index contributed by atoms with van der Waals surface area (Å²) in [6, 6.07) is 12.8. The first kappa shape index (κ1) is 19.2. The molecule has 27 heavy (non-hydrogen) atoms. The first-order chi connectivity index (χ1) is 13.0. The van der Waals surface area contributed by atoms with Gasteiger partial charge in [-0.25, -0.2) is 0 Å². The number of hydrogen-bond donors (Lipinski definition) is 1. The average molecular weight is 364 g/mol. The minimum atomic E-state index is -0.0818. The highest BCUT2D eigenvalue weighted by Gasteiger charge is 2.26. The van der Waals surface area contributed by atoms with Crippen LogP contribution in [0.15, 0.2) is 30.3 Å². The second-order valence-electron chi connectivity index (χ2n) is 7.56. The number of nitrogens with zero attached hydrogens (tertiary/aromatic N) is 3. The van der Waals surface area contributed by atoms with Gasteiger partial charge in [0.2, 0.25) is 5.91 Å². The third kappa shape index (κ3) is 4.23. The fraction of sp³-hybridized carbons (Fsp3) is 0.455. The van der Waals surface area contributed by atoms with E-state index in [-0.39, 0.29) is 12.5 Å². The number of hydrogen-bond acceptors (Lipinski definition) is 3. The van der Waals surface area contributed by atoms with Crippen LogP contribution in [-0.2, 0) is 11.3 Å². The molecule has 1 fully saturated rings. The van der Waals surface area contributed by atoms with Gasteiger partial charge in [-0.3, -0.25) is 9.69 Å². The van der Waals surface area contributed by atoms with Crippen LogP contribution in [0.5, 0.6) is 0 Å². The van der Waals surface area contributed by atoms with E-state index in [2.05, 4.69) is 28.1 Å². The molecule has 1 heterocycles. The highest BCUT2D eigenvalue weighted by molar-refractivity contribution is 5.93. The number of rotatable bonds is 6. The molecule has 5 heteroatoms. The summed E-state index contributed by atoms with van der Waals surface area (Å²) in [5, 5.41) is 12.7. The van der Waals surface area contributed by atoms with Gasteiger partial charge in [-0.1, -0.05) is 43.2 Å². The van der Waals surface area contributed by atoms with E-state index in [0.29, 0.717) is 24.0 Å². The van der Waals surface area contributed by atoms with Crippen molar-refractivity contribution in [1.82, 2.24) is 9.47 Å². The predicted octanol–water partition coefficient (Wildman–Crippen LogP) is 4.16. The van der Waals surface area contributed by atoms with Gasteiger partial charge in [0.25, 0.3) is 0 Å². The van der Waals surface area contributed by atoms with Crippen LogP contribution in [0.2, 0.25) is 0 Å². The molecule has 142 valence electrons. The fourth-order valence-corrected chi connectivity index (χ4v) is 4.07. The molecule has 0 saturated heterocycles. The molecular weight excluding hydrogens is 336 g/mol. The monoisotopic (exact) mass is 364 g/mol. The summed E-state index contributed by atoms with van der Waals surface area (Å²) in [6.45, 7) is 5.01. The number of likely N-dealkylation sites (N-methyl/N-ethyl adjacent to an activating group) is 1. The molecular formula is C22H28N4O.